The first-order valence-corrected chi connectivity index (χ1v) is 11.0. The van der Waals surface area contributed by atoms with E-state index in [4.69, 9.17) is 5.10 Å². The van der Waals surface area contributed by atoms with Crippen LogP contribution in [0.25, 0.3) is 22.2 Å². The lowest BCUT2D eigenvalue weighted by molar-refractivity contribution is 0.0392. The van der Waals surface area contributed by atoms with Gasteiger partial charge >= 0.3 is 0 Å². The standard InChI is InChI=1S/C25H21F2N5O/c1-31-24(16-7-17(26)10-18(27)8-16)20-11-19-3-2-4-22(23(20)30-31)32(19)25(33)14-5-6-15-12-28-13-29-21(15)9-14/h5-10,12-13,19,22H,2-4,11H2,1H3. The van der Waals surface area contributed by atoms with Crippen molar-refractivity contribution < 1.29 is 13.6 Å². The lowest BCUT2D eigenvalue weighted by atomic mass is 9.81. The van der Waals surface area contributed by atoms with Crippen molar-refractivity contribution in [2.24, 2.45) is 7.05 Å². The highest BCUT2D eigenvalue weighted by Gasteiger charge is 2.43. The second kappa shape index (κ2) is 7.43. The summed E-state index contributed by atoms with van der Waals surface area (Å²) < 4.78 is 29.6. The highest BCUT2D eigenvalue weighted by Crippen LogP contribution is 2.45. The number of carbonyl (C=O) groups is 1. The lowest BCUT2D eigenvalue weighted by Gasteiger charge is -2.45. The summed E-state index contributed by atoms with van der Waals surface area (Å²) in [5, 5.41) is 5.62. The number of fused-ring (bicyclic) bond motifs is 5. The number of aryl methyl sites for hydroxylation is 1. The van der Waals surface area contributed by atoms with Gasteiger partial charge in [0.15, 0.2) is 0 Å². The first-order valence-electron chi connectivity index (χ1n) is 11.0. The van der Waals surface area contributed by atoms with Gasteiger partial charge in [0.05, 0.1) is 22.9 Å². The molecule has 4 heterocycles. The first kappa shape index (κ1) is 20.0. The molecule has 33 heavy (non-hydrogen) atoms. The Morgan fingerprint density at radius 2 is 1.91 bits per heavy atom. The summed E-state index contributed by atoms with van der Waals surface area (Å²) in [7, 11) is 1.79. The average molecular weight is 445 g/mol. The fourth-order valence-electron chi connectivity index (χ4n) is 5.46. The molecule has 166 valence electrons. The number of nitrogens with zero attached hydrogens (tertiary/aromatic N) is 5. The van der Waals surface area contributed by atoms with E-state index in [2.05, 4.69) is 9.97 Å². The topological polar surface area (TPSA) is 63.9 Å². The van der Waals surface area contributed by atoms with E-state index < -0.39 is 11.6 Å². The van der Waals surface area contributed by atoms with Crippen LogP contribution in [0.15, 0.2) is 48.9 Å². The van der Waals surface area contributed by atoms with E-state index in [0.29, 0.717) is 17.5 Å². The van der Waals surface area contributed by atoms with E-state index in [-0.39, 0.29) is 18.0 Å². The lowest BCUT2D eigenvalue weighted by Crippen LogP contribution is -2.49. The third-order valence-corrected chi connectivity index (χ3v) is 6.80. The number of carbonyl (C=O) groups excluding carboxylic acids is 1. The van der Waals surface area contributed by atoms with Gasteiger partial charge in [-0.2, -0.15) is 5.10 Å². The van der Waals surface area contributed by atoms with E-state index in [1.807, 2.05) is 23.1 Å². The maximum atomic E-state index is 13.9. The molecule has 0 saturated carbocycles. The van der Waals surface area contributed by atoms with E-state index >= 15 is 0 Å². The van der Waals surface area contributed by atoms with Gasteiger partial charge in [0.25, 0.3) is 5.91 Å². The number of hydrogen-bond acceptors (Lipinski definition) is 4. The largest absolute Gasteiger partial charge is 0.327 e. The minimum absolute atomic E-state index is 0.00574. The Bertz CT molecular complexity index is 1400. The predicted molar refractivity (Wildman–Crippen MR) is 118 cm³/mol. The van der Waals surface area contributed by atoms with Crippen LogP contribution in [0.5, 0.6) is 0 Å². The zero-order valence-corrected chi connectivity index (χ0v) is 18.0. The van der Waals surface area contributed by atoms with Gasteiger partial charge in [0, 0.05) is 47.4 Å². The van der Waals surface area contributed by atoms with E-state index in [1.165, 1.54) is 18.5 Å². The molecule has 8 heteroatoms. The van der Waals surface area contributed by atoms with E-state index in [0.717, 1.165) is 53.2 Å². The number of aromatic nitrogens is 4. The minimum atomic E-state index is -0.618. The third-order valence-electron chi connectivity index (χ3n) is 6.80. The van der Waals surface area contributed by atoms with Gasteiger partial charge in [0.1, 0.15) is 18.0 Å². The summed E-state index contributed by atoms with van der Waals surface area (Å²) in [6, 6.07) is 8.88. The van der Waals surface area contributed by atoms with Gasteiger partial charge in [0.2, 0.25) is 0 Å². The van der Waals surface area contributed by atoms with Crippen LogP contribution >= 0.6 is 0 Å². The molecular weight excluding hydrogens is 424 g/mol. The molecule has 1 fully saturated rings. The molecule has 2 unspecified atom stereocenters. The van der Waals surface area contributed by atoms with Crippen LogP contribution in [0, 0.1) is 11.6 Å². The second-order valence-electron chi connectivity index (χ2n) is 8.81. The summed E-state index contributed by atoms with van der Waals surface area (Å²) in [6.45, 7) is 0. The Balaban J connectivity index is 1.42. The fraction of sp³-hybridized carbons (Fsp3) is 0.280. The molecule has 2 atom stereocenters. The predicted octanol–water partition coefficient (Wildman–Crippen LogP) is 4.60. The molecule has 0 spiro atoms. The number of hydrogen-bond donors (Lipinski definition) is 0. The van der Waals surface area contributed by atoms with Gasteiger partial charge < -0.3 is 4.90 Å². The molecule has 2 aliphatic heterocycles. The molecule has 0 radical (unpaired) electrons. The highest BCUT2D eigenvalue weighted by atomic mass is 19.1. The van der Waals surface area contributed by atoms with Crippen molar-refractivity contribution in [2.75, 3.05) is 0 Å². The van der Waals surface area contributed by atoms with Crippen molar-refractivity contribution in [1.82, 2.24) is 24.6 Å². The van der Waals surface area contributed by atoms with Crippen LogP contribution in [-0.4, -0.2) is 36.6 Å². The highest BCUT2D eigenvalue weighted by molar-refractivity contribution is 5.98. The van der Waals surface area contributed by atoms with Crippen molar-refractivity contribution in [1.29, 1.82) is 0 Å². The maximum absolute atomic E-state index is 13.9. The zero-order chi connectivity index (χ0) is 22.7. The van der Waals surface area contributed by atoms with E-state index in [9.17, 15) is 13.6 Å². The second-order valence-corrected chi connectivity index (χ2v) is 8.81. The Kier molecular flexibility index (Phi) is 4.50. The Labute approximate surface area is 188 Å². The number of halogens is 2. The maximum Gasteiger partial charge on any atom is 0.254 e. The Morgan fingerprint density at radius 1 is 1.09 bits per heavy atom. The van der Waals surface area contributed by atoms with Gasteiger partial charge in [-0.25, -0.2) is 18.7 Å². The van der Waals surface area contributed by atoms with Crippen LogP contribution in [0.3, 0.4) is 0 Å². The van der Waals surface area contributed by atoms with Crippen LogP contribution in [0.4, 0.5) is 8.78 Å². The van der Waals surface area contributed by atoms with Crippen molar-refractivity contribution in [2.45, 2.75) is 37.8 Å². The SMILES string of the molecule is Cn1nc2c(c1-c1cc(F)cc(F)c1)CC1CCCC2N1C(=O)c1ccc2cncnc2c1. The monoisotopic (exact) mass is 445 g/mol. The first-order chi connectivity index (χ1) is 16.0. The molecule has 2 aliphatic rings. The summed E-state index contributed by atoms with van der Waals surface area (Å²) in [4.78, 5) is 23.9. The number of rotatable bonds is 2. The minimum Gasteiger partial charge on any atom is -0.327 e. The molecule has 2 bridgehead atoms. The summed E-state index contributed by atoms with van der Waals surface area (Å²) in [5.41, 5.74) is 4.31. The average Bonchev–Trinajstić information content (AvgIpc) is 3.13. The van der Waals surface area contributed by atoms with Crippen molar-refractivity contribution in [3.63, 3.8) is 0 Å². The van der Waals surface area contributed by atoms with Crippen molar-refractivity contribution in [3.8, 4) is 11.3 Å². The molecule has 2 aromatic carbocycles. The molecular formula is C25H21F2N5O. The normalized spacial score (nSPS) is 19.5. The molecule has 1 saturated heterocycles. The van der Waals surface area contributed by atoms with E-state index in [1.54, 1.807) is 17.9 Å². The Hall–Kier alpha value is -3.68. The van der Waals surface area contributed by atoms with Crippen LogP contribution in [0.2, 0.25) is 0 Å². The molecule has 1 amide bonds. The van der Waals surface area contributed by atoms with Crippen LogP contribution in [-0.2, 0) is 13.5 Å². The molecule has 0 N–H and O–H groups in total. The smallest absolute Gasteiger partial charge is 0.254 e. The number of benzene rings is 2. The van der Waals surface area contributed by atoms with Crippen molar-refractivity contribution >= 4 is 16.8 Å². The molecule has 2 aromatic heterocycles. The fourth-order valence-corrected chi connectivity index (χ4v) is 5.46. The zero-order valence-electron chi connectivity index (χ0n) is 18.0. The van der Waals surface area contributed by atoms with Crippen LogP contribution < -0.4 is 0 Å². The summed E-state index contributed by atoms with van der Waals surface area (Å²) in [6.07, 6.45) is 6.49. The molecule has 6 nitrogen and oxygen atoms in total. The van der Waals surface area contributed by atoms with Gasteiger partial charge in [-0.1, -0.05) is 6.07 Å². The van der Waals surface area contributed by atoms with Gasteiger partial charge in [-0.15, -0.1) is 0 Å². The quantitative estimate of drug-likeness (QED) is 0.452. The van der Waals surface area contributed by atoms with Gasteiger partial charge in [-0.05, 0) is 49.9 Å². The van der Waals surface area contributed by atoms with Gasteiger partial charge in [-0.3, -0.25) is 9.48 Å². The number of piperidine rings is 1. The molecule has 4 aromatic rings. The molecule has 0 aliphatic carbocycles. The number of amides is 1. The summed E-state index contributed by atoms with van der Waals surface area (Å²) in [5.74, 6) is -1.28. The Morgan fingerprint density at radius 3 is 2.73 bits per heavy atom. The van der Waals surface area contributed by atoms with Crippen molar-refractivity contribution in [3.05, 3.63) is 77.4 Å². The molecule has 6 rings (SSSR count). The van der Waals surface area contributed by atoms with Crippen LogP contribution in [0.1, 0.15) is 46.9 Å². The third kappa shape index (κ3) is 3.20. The summed E-state index contributed by atoms with van der Waals surface area (Å²) >= 11 is 0.